The Labute approximate surface area is 160 Å². The predicted molar refractivity (Wildman–Crippen MR) is 103 cm³/mol. The van der Waals surface area contributed by atoms with Gasteiger partial charge in [-0.3, -0.25) is 0 Å². The zero-order chi connectivity index (χ0) is 19.9. The minimum atomic E-state index is -3.64. The van der Waals surface area contributed by atoms with Crippen LogP contribution < -0.4 is 9.46 Å². The molecule has 0 fully saturated rings. The maximum atomic E-state index is 12.6. The van der Waals surface area contributed by atoms with Gasteiger partial charge in [0.2, 0.25) is 10.0 Å². The third kappa shape index (κ3) is 6.37. The summed E-state index contributed by atoms with van der Waals surface area (Å²) in [7, 11) is -2.36. The Morgan fingerprint density at radius 2 is 1.85 bits per heavy atom. The lowest BCUT2D eigenvalue weighted by Gasteiger charge is -2.15. The lowest BCUT2D eigenvalue weighted by atomic mass is 10.1. The summed E-state index contributed by atoms with van der Waals surface area (Å²) in [4.78, 5) is 11.3. The van der Waals surface area contributed by atoms with Crippen molar-refractivity contribution in [3.8, 4) is 5.75 Å². The van der Waals surface area contributed by atoms with Crippen LogP contribution in [-0.4, -0.2) is 34.1 Å². The highest BCUT2D eigenvalue weighted by Crippen LogP contribution is 2.22. The van der Waals surface area contributed by atoms with Crippen LogP contribution in [0.15, 0.2) is 53.4 Å². The average molecular weight is 391 g/mol. The number of hydrogen-bond acceptors (Lipinski definition) is 5. The molecular formula is C20H25NO5S. The van der Waals surface area contributed by atoms with Gasteiger partial charge >= 0.3 is 5.97 Å². The number of rotatable bonds is 9. The molecule has 0 aromatic heterocycles. The molecule has 6 nitrogen and oxygen atoms in total. The van der Waals surface area contributed by atoms with Crippen molar-refractivity contribution < 1.29 is 22.7 Å². The van der Waals surface area contributed by atoms with Gasteiger partial charge in [0.25, 0.3) is 0 Å². The quantitative estimate of drug-likeness (QED) is 0.665. The molecule has 0 amide bonds. The van der Waals surface area contributed by atoms with E-state index < -0.39 is 16.0 Å². The van der Waals surface area contributed by atoms with Gasteiger partial charge in [-0.25, -0.2) is 17.9 Å². The standard InChI is InChI=1S/C20H25NO5S/c1-15-13-18(11-12-19(15)26-14-20(22)25-3)27(23,24)21-16(2)9-10-17-7-5-4-6-8-17/h4-8,11-13,16,21H,9-10,14H2,1-3H3/t16-/m1/s1. The summed E-state index contributed by atoms with van der Waals surface area (Å²) < 4.78 is 37.8. The number of nitrogens with one attached hydrogen (secondary N) is 1. The van der Waals surface area contributed by atoms with Crippen molar-refractivity contribution >= 4 is 16.0 Å². The maximum absolute atomic E-state index is 12.6. The van der Waals surface area contributed by atoms with Crippen LogP contribution >= 0.6 is 0 Å². The van der Waals surface area contributed by atoms with Crippen LogP contribution in [0.5, 0.6) is 5.75 Å². The smallest absolute Gasteiger partial charge is 0.343 e. The molecule has 1 N–H and O–H groups in total. The molecule has 0 unspecified atom stereocenters. The van der Waals surface area contributed by atoms with E-state index in [4.69, 9.17) is 4.74 Å². The molecule has 27 heavy (non-hydrogen) atoms. The Kier molecular flexibility index (Phi) is 7.38. The largest absolute Gasteiger partial charge is 0.482 e. The molecule has 0 saturated carbocycles. The van der Waals surface area contributed by atoms with Crippen LogP contribution in [0.1, 0.15) is 24.5 Å². The van der Waals surface area contributed by atoms with Crippen molar-refractivity contribution in [1.82, 2.24) is 4.72 Å². The van der Waals surface area contributed by atoms with Crippen LogP contribution in [0.2, 0.25) is 0 Å². The molecule has 0 saturated heterocycles. The third-order valence-corrected chi connectivity index (χ3v) is 5.68. The molecule has 0 bridgehead atoms. The number of carbonyl (C=O) groups is 1. The fourth-order valence-electron chi connectivity index (χ4n) is 2.57. The summed E-state index contributed by atoms with van der Waals surface area (Å²) in [5.41, 5.74) is 1.80. The lowest BCUT2D eigenvalue weighted by Crippen LogP contribution is -2.33. The molecule has 2 rings (SSSR count). The average Bonchev–Trinajstić information content (AvgIpc) is 2.65. The van der Waals surface area contributed by atoms with Crippen molar-refractivity contribution in [2.45, 2.75) is 37.6 Å². The van der Waals surface area contributed by atoms with Gasteiger partial charge in [0.15, 0.2) is 6.61 Å². The van der Waals surface area contributed by atoms with Crippen LogP contribution in [-0.2, 0) is 26.0 Å². The molecule has 7 heteroatoms. The van der Waals surface area contributed by atoms with Gasteiger partial charge in [-0.1, -0.05) is 30.3 Å². The number of aryl methyl sites for hydroxylation is 2. The van der Waals surface area contributed by atoms with Crippen molar-refractivity contribution in [3.63, 3.8) is 0 Å². The topological polar surface area (TPSA) is 81.7 Å². The molecule has 0 spiro atoms. The molecule has 2 aromatic carbocycles. The van der Waals surface area contributed by atoms with Gasteiger partial charge in [-0.05, 0) is 56.0 Å². The number of hydrogen-bond donors (Lipinski definition) is 1. The molecule has 0 aliphatic carbocycles. The fourth-order valence-corrected chi connectivity index (χ4v) is 3.93. The Morgan fingerprint density at radius 1 is 1.15 bits per heavy atom. The van der Waals surface area contributed by atoms with Crippen LogP contribution in [0.25, 0.3) is 0 Å². The van der Waals surface area contributed by atoms with E-state index in [0.29, 0.717) is 17.7 Å². The second-order valence-corrected chi connectivity index (χ2v) is 8.05. The maximum Gasteiger partial charge on any atom is 0.343 e. The number of esters is 1. The highest BCUT2D eigenvalue weighted by molar-refractivity contribution is 7.89. The van der Waals surface area contributed by atoms with Gasteiger partial charge in [-0.15, -0.1) is 0 Å². The monoisotopic (exact) mass is 391 g/mol. The Bertz CT molecular complexity index is 865. The summed E-state index contributed by atoms with van der Waals surface area (Å²) in [5, 5.41) is 0. The SMILES string of the molecule is COC(=O)COc1ccc(S(=O)(=O)N[C@H](C)CCc2ccccc2)cc1C. The Morgan fingerprint density at radius 3 is 2.48 bits per heavy atom. The first kappa shape index (κ1) is 20.9. The molecule has 0 radical (unpaired) electrons. The molecule has 1 atom stereocenters. The van der Waals surface area contributed by atoms with Crippen molar-refractivity contribution in [3.05, 3.63) is 59.7 Å². The zero-order valence-corrected chi connectivity index (χ0v) is 16.6. The first-order valence-electron chi connectivity index (χ1n) is 8.68. The fraction of sp³-hybridized carbons (Fsp3) is 0.350. The van der Waals surface area contributed by atoms with Gasteiger partial charge in [0, 0.05) is 6.04 Å². The zero-order valence-electron chi connectivity index (χ0n) is 15.8. The van der Waals surface area contributed by atoms with E-state index in [9.17, 15) is 13.2 Å². The summed E-state index contributed by atoms with van der Waals surface area (Å²) in [6.07, 6.45) is 1.49. The van der Waals surface area contributed by atoms with E-state index in [0.717, 1.165) is 6.42 Å². The van der Waals surface area contributed by atoms with Crippen LogP contribution in [0, 0.1) is 6.92 Å². The predicted octanol–water partition coefficient (Wildman–Crippen LogP) is 2.85. The Balaban J connectivity index is 1.98. The minimum Gasteiger partial charge on any atom is -0.482 e. The number of ether oxygens (including phenoxy) is 2. The first-order valence-corrected chi connectivity index (χ1v) is 10.2. The highest BCUT2D eigenvalue weighted by atomic mass is 32.2. The van der Waals surface area contributed by atoms with Crippen LogP contribution in [0.4, 0.5) is 0 Å². The van der Waals surface area contributed by atoms with Gasteiger partial charge in [0.1, 0.15) is 5.75 Å². The van der Waals surface area contributed by atoms with Gasteiger partial charge < -0.3 is 9.47 Å². The second kappa shape index (κ2) is 9.53. The number of carbonyl (C=O) groups excluding carboxylic acids is 1. The number of sulfonamides is 1. The van der Waals surface area contributed by atoms with E-state index in [1.54, 1.807) is 13.0 Å². The summed E-state index contributed by atoms with van der Waals surface area (Å²) in [6.45, 7) is 3.35. The summed E-state index contributed by atoms with van der Waals surface area (Å²) in [5.74, 6) is -0.0588. The van der Waals surface area contributed by atoms with E-state index in [2.05, 4.69) is 9.46 Å². The van der Waals surface area contributed by atoms with E-state index >= 15 is 0 Å². The number of methoxy groups -OCH3 is 1. The normalized spacial score (nSPS) is 12.4. The van der Waals surface area contributed by atoms with Crippen molar-refractivity contribution in [1.29, 1.82) is 0 Å². The van der Waals surface area contributed by atoms with Crippen molar-refractivity contribution in [2.24, 2.45) is 0 Å². The van der Waals surface area contributed by atoms with Crippen molar-refractivity contribution in [2.75, 3.05) is 13.7 Å². The second-order valence-electron chi connectivity index (χ2n) is 6.34. The van der Waals surface area contributed by atoms with E-state index in [1.165, 1.54) is 24.8 Å². The van der Waals surface area contributed by atoms with E-state index in [1.807, 2.05) is 37.3 Å². The lowest BCUT2D eigenvalue weighted by molar-refractivity contribution is -0.142. The van der Waals surface area contributed by atoms with Gasteiger partial charge in [-0.2, -0.15) is 0 Å². The molecular weight excluding hydrogens is 366 g/mol. The van der Waals surface area contributed by atoms with Gasteiger partial charge in [0.05, 0.1) is 12.0 Å². The first-order chi connectivity index (χ1) is 12.8. The molecule has 0 aliphatic heterocycles. The highest BCUT2D eigenvalue weighted by Gasteiger charge is 2.18. The van der Waals surface area contributed by atoms with Crippen LogP contribution in [0.3, 0.4) is 0 Å². The Hall–Kier alpha value is -2.38. The number of benzene rings is 2. The molecule has 0 aliphatic rings. The molecule has 146 valence electrons. The summed E-state index contributed by atoms with van der Waals surface area (Å²) in [6, 6.07) is 14.3. The summed E-state index contributed by atoms with van der Waals surface area (Å²) >= 11 is 0. The molecule has 0 heterocycles. The third-order valence-electron chi connectivity index (χ3n) is 4.10. The minimum absolute atomic E-state index is 0.164. The van der Waals surface area contributed by atoms with E-state index in [-0.39, 0.29) is 17.5 Å². The molecule has 2 aromatic rings.